The molecule has 2 aliphatic rings. The van der Waals surface area contributed by atoms with Crippen LogP contribution < -0.4 is 23.6 Å². The van der Waals surface area contributed by atoms with E-state index in [4.69, 9.17) is 4.74 Å². The molecule has 3 heterocycles. The summed E-state index contributed by atoms with van der Waals surface area (Å²) in [5, 5.41) is 0. The largest absolute Gasteiger partial charge is 1.00 e. The molecule has 9 heteroatoms. The number of aryl methyl sites for hydroxylation is 1. The molecule has 0 saturated carbocycles. The molecule has 0 bridgehead atoms. The van der Waals surface area contributed by atoms with Gasteiger partial charge in [0.2, 0.25) is 0 Å². The molecular formula is C26H26F2LiN3O3. The SMILES string of the molecule is COc1cc(C=C2CC[C@H]3CC[C@@H](c4cc(F)ccc4F)N3C2=O)ccc1-n1cnc(C)c1.[Li+].[OH-]. The Morgan fingerprint density at radius 3 is 2.63 bits per heavy atom. The number of ether oxygens (including phenoxy) is 1. The van der Waals surface area contributed by atoms with E-state index in [1.165, 1.54) is 6.07 Å². The first-order valence-corrected chi connectivity index (χ1v) is 11.1. The van der Waals surface area contributed by atoms with Gasteiger partial charge in [-0.2, -0.15) is 0 Å². The fraction of sp³-hybridized carbons (Fsp3) is 0.308. The molecule has 0 unspecified atom stereocenters. The summed E-state index contributed by atoms with van der Waals surface area (Å²) in [6.45, 7) is 1.92. The molecule has 2 saturated heterocycles. The summed E-state index contributed by atoms with van der Waals surface area (Å²) >= 11 is 0. The van der Waals surface area contributed by atoms with Crippen molar-refractivity contribution in [1.82, 2.24) is 14.5 Å². The maximum Gasteiger partial charge on any atom is 1.00 e. The van der Waals surface area contributed by atoms with Gasteiger partial charge in [0.05, 0.1) is 30.9 Å². The van der Waals surface area contributed by atoms with Crippen LogP contribution in [0.2, 0.25) is 0 Å². The second kappa shape index (κ2) is 10.8. The van der Waals surface area contributed by atoms with E-state index in [2.05, 4.69) is 4.98 Å². The van der Waals surface area contributed by atoms with Gasteiger partial charge in [-0.15, -0.1) is 0 Å². The molecule has 6 nitrogen and oxygen atoms in total. The molecule has 1 aromatic heterocycles. The molecule has 2 fully saturated rings. The molecule has 35 heavy (non-hydrogen) atoms. The van der Waals surface area contributed by atoms with Gasteiger partial charge in [-0.1, -0.05) is 6.07 Å². The van der Waals surface area contributed by atoms with Crippen LogP contribution in [0.15, 0.2) is 54.5 Å². The summed E-state index contributed by atoms with van der Waals surface area (Å²) < 4.78 is 35.8. The van der Waals surface area contributed by atoms with E-state index in [1.807, 2.05) is 42.0 Å². The number of amides is 1. The fourth-order valence-electron chi connectivity index (χ4n) is 5.03. The molecule has 1 N–H and O–H groups in total. The van der Waals surface area contributed by atoms with E-state index >= 15 is 0 Å². The Morgan fingerprint density at radius 1 is 1.11 bits per heavy atom. The normalized spacial score (nSPS) is 20.3. The van der Waals surface area contributed by atoms with Crippen molar-refractivity contribution in [1.29, 1.82) is 0 Å². The van der Waals surface area contributed by atoms with Crippen molar-refractivity contribution < 1.29 is 42.6 Å². The predicted molar refractivity (Wildman–Crippen MR) is 123 cm³/mol. The zero-order valence-corrected chi connectivity index (χ0v) is 20.0. The molecule has 1 amide bonds. The van der Waals surface area contributed by atoms with Gasteiger partial charge >= 0.3 is 18.9 Å². The summed E-state index contributed by atoms with van der Waals surface area (Å²) in [6.07, 6.45) is 8.43. The van der Waals surface area contributed by atoms with Crippen LogP contribution in [0.1, 0.15) is 48.5 Å². The van der Waals surface area contributed by atoms with Crippen molar-refractivity contribution in [3.8, 4) is 11.4 Å². The van der Waals surface area contributed by atoms with E-state index in [0.29, 0.717) is 24.2 Å². The van der Waals surface area contributed by atoms with Crippen molar-refractivity contribution in [3.63, 3.8) is 0 Å². The summed E-state index contributed by atoms with van der Waals surface area (Å²) in [5.74, 6) is -0.397. The van der Waals surface area contributed by atoms with Crippen LogP contribution in [0.25, 0.3) is 11.8 Å². The number of methoxy groups -OCH3 is 1. The van der Waals surface area contributed by atoms with Crippen LogP contribution in [0.3, 0.4) is 0 Å². The Bertz CT molecular complexity index is 1260. The van der Waals surface area contributed by atoms with Gasteiger partial charge in [0, 0.05) is 23.4 Å². The Morgan fingerprint density at radius 2 is 1.91 bits per heavy atom. The number of carbonyl (C=O) groups is 1. The number of aromatic nitrogens is 2. The molecule has 0 spiro atoms. The molecule has 5 rings (SSSR count). The van der Waals surface area contributed by atoms with Crippen LogP contribution in [0.4, 0.5) is 8.78 Å². The van der Waals surface area contributed by atoms with E-state index < -0.39 is 17.7 Å². The van der Waals surface area contributed by atoms with Crippen molar-refractivity contribution in [3.05, 3.63) is 83.0 Å². The maximum atomic E-state index is 14.5. The number of hydrogen-bond donors (Lipinski definition) is 0. The van der Waals surface area contributed by atoms with Gasteiger partial charge in [-0.3, -0.25) is 4.79 Å². The number of carbonyl (C=O) groups excluding carboxylic acids is 1. The molecule has 2 aliphatic heterocycles. The third-order valence-corrected chi connectivity index (χ3v) is 6.61. The molecule has 2 aromatic carbocycles. The van der Waals surface area contributed by atoms with E-state index in [0.717, 1.165) is 41.9 Å². The standard InChI is InChI=1S/C26H25F2N3O2.Li.H2O/c1-16-14-30(15-29-16)24-9-3-17(12-25(24)33-2)11-18-4-6-20-7-10-23(31(20)26(18)32)21-13-19(27)5-8-22(21)28;;/h3,5,8-9,11-15,20,23H,4,6-7,10H2,1-2H3;;1H2/q;+1;/p-1/t20-,23-;;/m0../s1. The van der Waals surface area contributed by atoms with E-state index in [9.17, 15) is 13.6 Å². The number of imidazole rings is 1. The Balaban J connectivity index is 0.00000171. The molecule has 3 aromatic rings. The summed E-state index contributed by atoms with van der Waals surface area (Å²) in [4.78, 5) is 19.5. The van der Waals surface area contributed by atoms with Crippen molar-refractivity contribution in [2.45, 2.75) is 44.7 Å². The second-order valence-corrected chi connectivity index (χ2v) is 8.69. The van der Waals surface area contributed by atoms with Crippen LogP contribution in [0, 0.1) is 18.6 Å². The zero-order valence-electron chi connectivity index (χ0n) is 20.0. The molecule has 0 radical (unpaired) electrons. The first-order valence-electron chi connectivity index (χ1n) is 11.1. The number of halogens is 2. The first kappa shape index (κ1) is 26.7. The number of benzene rings is 2. The number of hydrogen-bond acceptors (Lipinski definition) is 4. The quantitative estimate of drug-likeness (QED) is 0.430. The first-order chi connectivity index (χ1) is 15.9. The summed E-state index contributed by atoms with van der Waals surface area (Å²) in [5.41, 5.74) is 3.54. The van der Waals surface area contributed by atoms with Crippen LogP contribution in [-0.2, 0) is 4.79 Å². The second-order valence-electron chi connectivity index (χ2n) is 8.69. The van der Waals surface area contributed by atoms with Crippen LogP contribution in [-0.4, -0.2) is 39.0 Å². The minimum Gasteiger partial charge on any atom is -0.870 e. The fourth-order valence-corrected chi connectivity index (χ4v) is 5.03. The number of rotatable bonds is 4. The van der Waals surface area contributed by atoms with Crippen molar-refractivity contribution in [2.24, 2.45) is 0 Å². The molecular weight excluding hydrogens is 447 g/mol. The van der Waals surface area contributed by atoms with E-state index in [1.54, 1.807) is 18.3 Å². The molecule has 2 atom stereocenters. The van der Waals surface area contributed by atoms with Gasteiger partial charge < -0.3 is 19.7 Å². The third-order valence-electron chi connectivity index (χ3n) is 6.61. The minimum atomic E-state index is -0.490. The number of fused-ring (bicyclic) bond motifs is 1. The van der Waals surface area contributed by atoms with E-state index in [-0.39, 0.29) is 41.8 Å². The van der Waals surface area contributed by atoms with Gasteiger partial charge in [-0.05, 0) is 74.6 Å². The van der Waals surface area contributed by atoms with Crippen molar-refractivity contribution in [2.75, 3.05) is 7.11 Å². The monoisotopic (exact) mass is 473 g/mol. The van der Waals surface area contributed by atoms with Crippen molar-refractivity contribution >= 4 is 12.0 Å². The Labute approximate surface area is 215 Å². The number of nitrogens with zero attached hydrogens (tertiary/aromatic N) is 3. The van der Waals surface area contributed by atoms with Gasteiger partial charge in [0.1, 0.15) is 17.4 Å². The van der Waals surface area contributed by atoms with Crippen LogP contribution >= 0.6 is 0 Å². The Kier molecular flexibility index (Phi) is 8.21. The molecule has 0 aliphatic carbocycles. The molecule has 178 valence electrons. The Hall–Kier alpha value is -2.92. The summed E-state index contributed by atoms with van der Waals surface area (Å²) in [6, 6.07) is 8.85. The van der Waals surface area contributed by atoms with Gasteiger partial charge in [0.15, 0.2) is 0 Å². The minimum absolute atomic E-state index is 0. The average Bonchev–Trinajstić information content (AvgIpc) is 3.44. The summed E-state index contributed by atoms with van der Waals surface area (Å²) in [7, 11) is 1.61. The average molecular weight is 473 g/mol. The zero-order chi connectivity index (χ0) is 23.1. The van der Waals surface area contributed by atoms with Gasteiger partial charge in [-0.25, -0.2) is 13.8 Å². The maximum absolute atomic E-state index is 14.5. The number of piperidine rings is 1. The third kappa shape index (κ3) is 5.06. The van der Waals surface area contributed by atoms with Gasteiger partial charge in [0.25, 0.3) is 5.91 Å². The topological polar surface area (TPSA) is 77.4 Å². The van der Waals surface area contributed by atoms with Crippen LogP contribution in [0.5, 0.6) is 5.75 Å². The predicted octanol–water partition coefficient (Wildman–Crippen LogP) is 2.20. The smallest absolute Gasteiger partial charge is 0.870 e.